The van der Waals surface area contributed by atoms with E-state index in [4.69, 9.17) is 21.7 Å². The standard InChI is InChI=1S/C25H43NO4Si5/c1-12-31(2,3)27-33(6,7)29-35(10,11)30-34(8,9)28-32(4,5)25-19-17-24(18-20-25)23-15-13-22(21-26)14-16-23/h13-20H,12H2,1-11H3. The largest absolute Gasteiger partial charge is 0.436 e. The maximum Gasteiger partial charge on any atom is 0.314 e. The molecule has 0 heterocycles. The van der Waals surface area contributed by atoms with Crippen LogP contribution in [0.25, 0.3) is 11.1 Å². The Bertz CT molecular complexity index is 1030. The minimum atomic E-state index is -2.47. The number of rotatable bonds is 11. The lowest BCUT2D eigenvalue weighted by Crippen LogP contribution is -2.60. The average Bonchev–Trinajstić information content (AvgIpc) is 2.70. The minimum Gasteiger partial charge on any atom is -0.436 e. The van der Waals surface area contributed by atoms with Crippen LogP contribution in [0.4, 0.5) is 0 Å². The molecular weight excluding hydrogens is 519 g/mol. The van der Waals surface area contributed by atoms with Crippen LogP contribution in [0.2, 0.25) is 71.5 Å². The van der Waals surface area contributed by atoms with Crippen molar-refractivity contribution in [2.75, 3.05) is 0 Å². The van der Waals surface area contributed by atoms with Crippen LogP contribution in [-0.4, -0.2) is 42.3 Å². The highest BCUT2D eigenvalue weighted by molar-refractivity contribution is 6.94. The molecule has 0 aromatic heterocycles. The Hall–Kier alpha value is -1.15. The van der Waals surface area contributed by atoms with Crippen LogP contribution >= 0.6 is 0 Å². The van der Waals surface area contributed by atoms with E-state index in [0.717, 1.165) is 17.2 Å². The van der Waals surface area contributed by atoms with Crippen molar-refractivity contribution in [1.82, 2.24) is 0 Å². The topological polar surface area (TPSA) is 60.7 Å². The molecule has 0 aliphatic heterocycles. The van der Waals surface area contributed by atoms with Crippen molar-refractivity contribution < 1.29 is 16.5 Å². The second-order valence-corrected chi connectivity index (χ2v) is 31.0. The fourth-order valence-corrected chi connectivity index (χ4v) is 27.8. The van der Waals surface area contributed by atoms with Gasteiger partial charge in [0, 0.05) is 0 Å². The third-order valence-electron chi connectivity index (χ3n) is 5.79. The Balaban J connectivity index is 2.11. The molecule has 2 aromatic carbocycles. The molecule has 2 aromatic rings. The third-order valence-corrected chi connectivity index (χ3v) is 25.3. The van der Waals surface area contributed by atoms with Gasteiger partial charge in [-0.15, -0.1) is 0 Å². The highest BCUT2D eigenvalue weighted by atomic mass is 28.5. The van der Waals surface area contributed by atoms with Gasteiger partial charge in [-0.3, -0.25) is 0 Å². The SMILES string of the molecule is CC[Si](C)(C)O[Si](C)(C)O[Si](C)(C)O[Si](C)(C)O[Si](C)(C)c1ccc(-c2ccc(C#N)cc2)cc1. The molecule has 192 valence electrons. The smallest absolute Gasteiger partial charge is 0.314 e. The zero-order chi connectivity index (χ0) is 26.7. The number of benzene rings is 2. The van der Waals surface area contributed by atoms with Gasteiger partial charge >= 0.3 is 25.7 Å². The number of hydrogen-bond acceptors (Lipinski definition) is 5. The van der Waals surface area contributed by atoms with E-state index in [-0.39, 0.29) is 0 Å². The van der Waals surface area contributed by atoms with Crippen LogP contribution in [0.15, 0.2) is 48.5 Å². The summed E-state index contributed by atoms with van der Waals surface area (Å²) in [5, 5.41) is 10.3. The summed E-state index contributed by atoms with van der Waals surface area (Å²) in [5.41, 5.74) is 2.90. The third kappa shape index (κ3) is 9.34. The lowest BCUT2D eigenvalue weighted by atomic mass is 10.0. The summed E-state index contributed by atoms with van der Waals surface area (Å²) >= 11 is 0. The predicted octanol–water partition coefficient (Wildman–Crippen LogP) is 7.03. The first-order valence-electron chi connectivity index (χ1n) is 12.3. The van der Waals surface area contributed by atoms with E-state index in [1.165, 1.54) is 5.19 Å². The molecule has 5 nitrogen and oxygen atoms in total. The van der Waals surface area contributed by atoms with Crippen molar-refractivity contribution in [2.45, 2.75) is 78.4 Å². The highest BCUT2D eigenvalue weighted by Gasteiger charge is 2.45. The van der Waals surface area contributed by atoms with E-state index < -0.39 is 42.3 Å². The van der Waals surface area contributed by atoms with Crippen molar-refractivity contribution in [1.29, 1.82) is 5.26 Å². The second kappa shape index (κ2) is 11.1. The van der Waals surface area contributed by atoms with E-state index in [9.17, 15) is 0 Å². The van der Waals surface area contributed by atoms with Gasteiger partial charge in [0.1, 0.15) is 0 Å². The lowest BCUT2D eigenvalue weighted by Gasteiger charge is -2.42. The zero-order valence-corrected chi connectivity index (χ0v) is 28.4. The van der Waals surface area contributed by atoms with Crippen LogP contribution in [0.1, 0.15) is 12.5 Å². The van der Waals surface area contributed by atoms with Crippen molar-refractivity contribution in [2.24, 2.45) is 0 Å². The van der Waals surface area contributed by atoms with Crippen molar-refractivity contribution in [3.8, 4) is 17.2 Å². The molecule has 0 amide bonds. The number of hydrogen-bond donors (Lipinski definition) is 0. The van der Waals surface area contributed by atoms with E-state index in [1.807, 2.05) is 24.3 Å². The molecule has 10 heteroatoms. The second-order valence-electron chi connectivity index (χ2n) is 11.5. The molecule has 0 saturated heterocycles. The van der Waals surface area contributed by atoms with Gasteiger partial charge in [-0.2, -0.15) is 5.26 Å². The number of nitriles is 1. The minimum absolute atomic E-state index is 0.670. The average molecular weight is 562 g/mol. The fraction of sp³-hybridized carbons (Fsp3) is 0.480. The van der Waals surface area contributed by atoms with E-state index in [0.29, 0.717) is 5.56 Å². The van der Waals surface area contributed by atoms with E-state index in [2.05, 4.69) is 103 Å². The molecule has 0 atom stereocenters. The Labute approximate surface area is 218 Å². The molecular formula is C25H43NO4Si5. The maximum absolute atomic E-state index is 9.02. The molecule has 0 N–H and O–H groups in total. The molecule has 0 saturated carbocycles. The van der Waals surface area contributed by atoms with Crippen LogP contribution in [0, 0.1) is 11.3 Å². The first-order chi connectivity index (χ1) is 15.9. The van der Waals surface area contributed by atoms with Gasteiger partial charge in [0.05, 0.1) is 11.6 Å². The van der Waals surface area contributed by atoms with Gasteiger partial charge < -0.3 is 16.5 Å². The van der Waals surface area contributed by atoms with Crippen LogP contribution in [-0.2, 0) is 16.5 Å². The molecule has 0 aliphatic rings. The Morgan fingerprint density at radius 2 is 1.00 bits per heavy atom. The first kappa shape index (κ1) is 30.1. The summed E-state index contributed by atoms with van der Waals surface area (Å²) in [5.74, 6) is 0. The van der Waals surface area contributed by atoms with Gasteiger partial charge in [0.15, 0.2) is 8.32 Å². The summed E-state index contributed by atoms with van der Waals surface area (Å²) < 4.78 is 26.7. The quantitative estimate of drug-likeness (QED) is 0.276. The summed E-state index contributed by atoms with van der Waals surface area (Å²) in [6.45, 7) is 23.9. The Kier molecular flexibility index (Phi) is 9.52. The molecule has 0 spiro atoms. The van der Waals surface area contributed by atoms with E-state index >= 15 is 0 Å². The van der Waals surface area contributed by atoms with Crippen molar-refractivity contribution >= 4 is 47.5 Å². The van der Waals surface area contributed by atoms with Crippen molar-refractivity contribution in [3.63, 3.8) is 0 Å². The molecule has 0 radical (unpaired) electrons. The summed E-state index contributed by atoms with van der Waals surface area (Å²) in [6, 6.07) is 19.5. The van der Waals surface area contributed by atoms with Crippen LogP contribution < -0.4 is 5.19 Å². The Morgan fingerprint density at radius 3 is 1.43 bits per heavy atom. The van der Waals surface area contributed by atoms with Crippen molar-refractivity contribution in [3.05, 3.63) is 54.1 Å². The van der Waals surface area contributed by atoms with Gasteiger partial charge in [-0.1, -0.05) is 43.3 Å². The molecule has 0 bridgehead atoms. The van der Waals surface area contributed by atoms with Crippen LogP contribution in [0.5, 0.6) is 0 Å². The van der Waals surface area contributed by atoms with Gasteiger partial charge in [0.25, 0.3) is 0 Å². The maximum atomic E-state index is 9.02. The molecule has 2 rings (SSSR count). The summed E-state index contributed by atoms with van der Waals surface area (Å²) in [6.07, 6.45) is 0. The normalized spacial score (nSPS) is 13.5. The number of nitrogens with zero attached hydrogens (tertiary/aromatic N) is 1. The molecule has 0 aliphatic carbocycles. The summed E-state index contributed by atoms with van der Waals surface area (Å²) in [7, 11) is -11.1. The predicted molar refractivity (Wildman–Crippen MR) is 158 cm³/mol. The summed E-state index contributed by atoms with van der Waals surface area (Å²) in [4.78, 5) is 0. The van der Waals surface area contributed by atoms with Gasteiger partial charge in [-0.05, 0) is 100.0 Å². The van der Waals surface area contributed by atoms with Crippen LogP contribution in [0.3, 0.4) is 0 Å². The zero-order valence-electron chi connectivity index (χ0n) is 23.4. The molecule has 35 heavy (non-hydrogen) atoms. The monoisotopic (exact) mass is 561 g/mol. The molecule has 0 unspecified atom stereocenters. The highest BCUT2D eigenvalue weighted by Crippen LogP contribution is 2.27. The fourth-order valence-electron chi connectivity index (χ4n) is 4.46. The Morgan fingerprint density at radius 1 is 0.600 bits per heavy atom. The first-order valence-corrected chi connectivity index (χ1v) is 26.8. The van der Waals surface area contributed by atoms with Gasteiger partial charge in [0.2, 0.25) is 8.32 Å². The lowest BCUT2D eigenvalue weighted by molar-refractivity contribution is 0.300. The molecule has 0 fully saturated rings. The van der Waals surface area contributed by atoms with E-state index in [1.54, 1.807) is 0 Å². The van der Waals surface area contributed by atoms with Gasteiger partial charge in [-0.25, -0.2) is 0 Å².